The van der Waals surface area contributed by atoms with Gasteiger partial charge in [0.15, 0.2) is 6.29 Å². The third kappa shape index (κ3) is 8.58. The van der Waals surface area contributed by atoms with E-state index >= 15 is 0 Å². The normalized spacial score (nSPS) is 11.0. The van der Waals surface area contributed by atoms with Gasteiger partial charge < -0.3 is 26.4 Å². The molecule has 0 aliphatic carbocycles. The molecule has 0 spiro atoms. The smallest absolute Gasteiger partial charge is 0.384 e. The monoisotopic (exact) mass is 283 g/mol. The molecule has 17 heavy (non-hydrogen) atoms. The highest BCUT2D eigenvalue weighted by atomic mass is 35.5. The Morgan fingerprint density at radius 3 is 1.82 bits per heavy atom. The molecule has 0 amide bonds. The molecule has 0 fully saturated rings. The minimum atomic E-state index is -2.97. The Hall–Kier alpha value is -0.120. The summed E-state index contributed by atoms with van der Waals surface area (Å²) in [5, 5.41) is 0. The molecule has 0 heterocycles. The maximum Gasteiger partial charge on any atom is 0.384 e. The molecule has 0 aromatic rings. The van der Waals surface area contributed by atoms with Crippen molar-refractivity contribution in [3.63, 3.8) is 0 Å². The van der Waals surface area contributed by atoms with Crippen LogP contribution in [-0.4, -0.2) is 32.6 Å². The summed E-state index contributed by atoms with van der Waals surface area (Å²) in [7, 11) is -2.97. The third-order valence-electron chi connectivity index (χ3n) is 1.93. The highest BCUT2D eigenvalue weighted by Crippen LogP contribution is 2.45. The van der Waals surface area contributed by atoms with E-state index in [1.807, 2.05) is 13.8 Å². The molecule has 102 valence electrons. The van der Waals surface area contributed by atoms with Crippen LogP contribution in [0.15, 0.2) is 25.3 Å². The van der Waals surface area contributed by atoms with E-state index in [2.05, 4.69) is 13.2 Å². The molecule has 0 aliphatic heterocycles. The molecule has 0 aromatic heterocycles. The number of halogens is 1. The van der Waals surface area contributed by atoms with Gasteiger partial charge in [0.05, 0.1) is 26.3 Å². The minimum absolute atomic E-state index is 0. The average Bonchev–Trinajstić information content (AvgIpc) is 2.18. The van der Waals surface area contributed by atoms with Crippen LogP contribution in [0.3, 0.4) is 0 Å². The quantitative estimate of drug-likeness (QED) is 0.391. The van der Waals surface area contributed by atoms with Crippen LogP contribution in [0.1, 0.15) is 13.8 Å². The Balaban J connectivity index is 0. The van der Waals surface area contributed by atoms with Crippen LogP contribution in [-0.2, 0) is 13.6 Å². The van der Waals surface area contributed by atoms with Gasteiger partial charge in [-0.15, -0.1) is 0 Å². The molecule has 0 radical (unpaired) electrons. The first kappa shape index (κ1) is 19.2. The van der Waals surface area contributed by atoms with E-state index in [4.69, 9.17) is 9.05 Å². The molecule has 6 heteroatoms. The second-order valence-electron chi connectivity index (χ2n) is 3.34. The van der Waals surface area contributed by atoms with Gasteiger partial charge in [-0.3, -0.25) is 4.57 Å². The Morgan fingerprint density at radius 1 is 1.12 bits per heavy atom. The van der Waals surface area contributed by atoms with Crippen LogP contribution >= 0.6 is 7.60 Å². The summed E-state index contributed by atoms with van der Waals surface area (Å²) < 4.78 is 22.7. The fourth-order valence-corrected chi connectivity index (χ4v) is 3.27. The van der Waals surface area contributed by atoms with E-state index < -0.39 is 7.60 Å². The standard InChI is InChI=1S/C11H22NO3P.ClH/c1-5-9-12(10-6-2)11-16(13,14-7-3)15-8-4;/h5-6H,1-2,7-11H2,3-4H3;1H. The summed E-state index contributed by atoms with van der Waals surface area (Å²) in [6.07, 6.45) is 3.94. The van der Waals surface area contributed by atoms with Crippen molar-refractivity contribution in [3.05, 3.63) is 25.3 Å². The van der Waals surface area contributed by atoms with Gasteiger partial charge in [-0.2, -0.15) is 0 Å². The average molecular weight is 284 g/mol. The van der Waals surface area contributed by atoms with Crippen molar-refractivity contribution in [2.45, 2.75) is 13.8 Å². The molecule has 0 atom stereocenters. The fourth-order valence-electron chi connectivity index (χ4n) is 1.42. The topological polar surface area (TPSA) is 40.0 Å². The van der Waals surface area contributed by atoms with Gasteiger partial charge in [-0.05, 0) is 26.0 Å². The van der Waals surface area contributed by atoms with Crippen molar-refractivity contribution >= 4 is 7.60 Å². The van der Waals surface area contributed by atoms with Crippen molar-refractivity contribution in [3.8, 4) is 0 Å². The third-order valence-corrected chi connectivity index (χ3v) is 4.07. The second kappa shape index (κ2) is 11.0. The Labute approximate surface area is 111 Å². The van der Waals surface area contributed by atoms with Gasteiger partial charge >= 0.3 is 7.60 Å². The molecule has 0 unspecified atom stereocenters. The lowest BCUT2D eigenvalue weighted by Gasteiger charge is -2.22. The highest BCUT2D eigenvalue weighted by Gasteiger charge is 2.29. The van der Waals surface area contributed by atoms with Gasteiger partial charge in [0.1, 0.15) is 0 Å². The molecule has 0 aliphatic rings. The molecule has 0 saturated heterocycles. The van der Waals surface area contributed by atoms with Gasteiger partial charge in [0, 0.05) is 0 Å². The van der Waals surface area contributed by atoms with Crippen molar-refractivity contribution in [2.24, 2.45) is 0 Å². The summed E-state index contributed by atoms with van der Waals surface area (Å²) in [5.41, 5.74) is 0. The van der Waals surface area contributed by atoms with Gasteiger partial charge in [-0.25, -0.2) is 0 Å². The zero-order valence-corrected chi connectivity index (χ0v) is 12.3. The van der Waals surface area contributed by atoms with Crippen LogP contribution in [0, 0.1) is 0 Å². The minimum Gasteiger partial charge on any atom is -1.00 e. The predicted octanol–water partition coefficient (Wildman–Crippen LogP) is -1.53. The van der Waals surface area contributed by atoms with Crippen LogP contribution in [0.5, 0.6) is 0 Å². The first-order chi connectivity index (χ1) is 7.61. The number of rotatable bonds is 10. The van der Waals surface area contributed by atoms with Crippen LogP contribution in [0.4, 0.5) is 0 Å². The highest BCUT2D eigenvalue weighted by molar-refractivity contribution is 7.53. The van der Waals surface area contributed by atoms with E-state index in [1.165, 1.54) is 0 Å². The van der Waals surface area contributed by atoms with Gasteiger partial charge in [0.2, 0.25) is 0 Å². The van der Waals surface area contributed by atoms with E-state index in [9.17, 15) is 4.57 Å². The lowest BCUT2D eigenvalue weighted by Crippen LogP contribution is -3.11. The lowest BCUT2D eigenvalue weighted by atomic mass is 10.5. The van der Waals surface area contributed by atoms with Crippen LogP contribution in [0.25, 0.3) is 0 Å². The second-order valence-corrected chi connectivity index (χ2v) is 5.39. The summed E-state index contributed by atoms with van der Waals surface area (Å²) in [5.74, 6) is 0. The zero-order chi connectivity index (χ0) is 12.4. The number of nitrogens with one attached hydrogen (secondary N) is 1. The largest absolute Gasteiger partial charge is 1.00 e. The van der Waals surface area contributed by atoms with Gasteiger partial charge in [0.25, 0.3) is 0 Å². The lowest BCUT2D eigenvalue weighted by molar-refractivity contribution is -0.877. The fraction of sp³-hybridized carbons (Fsp3) is 0.636. The van der Waals surface area contributed by atoms with Crippen LogP contribution < -0.4 is 17.3 Å². The van der Waals surface area contributed by atoms with Crippen molar-refractivity contribution in [2.75, 3.05) is 32.6 Å². The Kier molecular flexibility index (Phi) is 12.4. The summed E-state index contributed by atoms with van der Waals surface area (Å²) >= 11 is 0. The van der Waals surface area contributed by atoms with E-state index in [-0.39, 0.29) is 12.4 Å². The molecule has 4 nitrogen and oxygen atoms in total. The first-order valence-electron chi connectivity index (χ1n) is 5.55. The number of quaternary nitrogens is 1. The SMILES string of the molecule is C=CC[NH+](CC=C)CP(=O)(OCC)OCC.[Cl-]. The molecule has 0 aromatic carbocycles. The maximum atomic E-state index is 12.2. The molecular weight excluding hydrogens is 261 g/mol. The molecule has 1 N–H and O–H groups in total. The molecule has 0 saturated carbocycles. The van der Waals surface area contributed by atoms with E-state index in [1.54, 1.807) is 12.2 Å². The van der Waals surface area contributed by atoms with E-state index in [0.717, 1.165) is 18.0 Å². The number of hydrogen-bond donors (Lipinski definition) is 1. The summed E-state index contributed by atoms with van der Waals surface area (Å²) in [4.78, 5) is 1.08. The molecule has 0 bridgehead atoms. The Bertz CT molecular complexity index is 241. The van der Waals surface area contributed by atoms with Crippen LogP contribution in [0.2, 0.25) is 0 Å². The van der Waals surface area contributed by atoms with Gasteiger partial charge in [-0.1, -0.05) is 13.2 Å². The van der Waals surface area contributed by atoms with Crippen molar-refractivity contribution < 1.29 is 30.9 Å². The Morgan fingerprint density at radius 2 is 1.53 bits per heavy atom. The molecule has 0 rings (SSSR count). The molecular formula is C11H23ClNO3P. The summed E-state index contributed by atoms with van der Waals surface area (Å²) in [6, 6.07) is 0. The summed E-state index contributed by atoms with van der Waals surface area (Å²) in [6.45, 7) is 13.2. The van der Waals surface area contributed by atoms with Crippen molar-refractivity contribution in [1.82, 2.24) is 0 Å². The first-order valence-corrected chi connectivity index (χ1v) is 7.28. The zero-order valence-electron chi connectivity index (χ0n) is 10.7. The number of hydrogen-bond acceptors (Lipinski definition) is 3. The van der Waals surface area contributed by atoms with Crippen molar-refractivity contribution in [1.29, 1.82) is 0 Å². The predicted molar refractivity (Wildman–Crippen MR) is 66.8 cm³/mol. The maximum absolute atomic E-state index is 12.2. The van der Waals surface area contributed by atoms with E-state index in [0.29, 0.717) is 19.5 Å².